The minimum absolute atomic E-state index is 0.0721. The Balaban J connectivity index is 2.63. The Morgan fingerprint density at radius 1 is 1.53 bits per heavy atom. The highest BCUT2D eigenvalue weighted by molar-refractivity contribution is 7.89. The van der Waals surface area contributed by atoms with Gasteiger partial charge in [-0.3, -0.25) is 0 Å². The molecule has 0 saturated carbocycles. The SMILES string of the molecule is CC(C)N(C)CCNS(=O)(=O)c1c[nH]c(C(=O)O)c1. The zero-order valence-corrected chi connectivity index (χ0v) is 12.0. The second kappa shape index (κ2) is 6.18. The van der Waals surface area contributed by atoms with Crippen LogP contribution in [0.2, 0.25) is 0 Å². The van der Waals surface area contributed by atoms with E-state index in [-0.39, 0.29) is 17.1 Å². The van der Waals surface area contributed by atoms with Crippen LogP contribution in [0.5, 0.6) is 0 Å². The molecule has 3 N–H and O–H groups in total. The molecule has 1 heterocycles. The molecule has 8 heteroatoms. The van der Waals surface area contributed by atoms with Crippen LogP contribution in [-0.2, 0) is 10.0 Å². The van der Waals surface area contributed by atoms with Crippen LogP contribution in [-0.4, -0.2) is 55.6 Å². The third kappa shape index (κ3) is 4.34. The van der Waals surface area contributed by atoms with Crippen molar-refractivity contribution in [2.45, 2.75) is 24.8 Å². The summed E-state index contributed by atoms with van der Waals surface area (Å²) in [7, 11) is -1.76. The van der Waals surface area contributed by atoms with Crippen LogP contribution in [0.1, 0.15) is 24.3 Å². The van der Waals surface area contributed by atoms with Crippen LogP contribution in [0.15, 0.2) is 17.2 Å². The lowest BCUT2D eigenvalue weighted by molar-refractivity contribution is 0.0691. The Bertz CT molecular complexity index is 536. The molecule has 0 bridgehead atoms. The molecular formula is C11H19N3O4S. The van der Waals surface area contributed by atoms with E-state index in [1.54, 1.807) is 0 Å². The van der Waals surface area contributed by atoms with Gasteiger partial charge in [-0.1, -0.05) is 0 Å². The number of carboxylic acid groups (broad SMARTS) is 1. The minimum atomic E-state index is -3.67. The monoisotopic (exact) mass is 289 g/mol. The summed E-state index contributed by atoms with van der Waals surface area (Å²) < 4.78 is 26.2. The maximum Gasteiger partial charge on any atom is 0.352 e. The van der Waals surface area contributed by atoms with Gasteiger partial charge in [0.05, 0.1) is 0 Å². The number of hydrogen-bond donors (Lipinski definition) is 3. The molecular weight excluding hydrogens is 270 g/mol. The highest BCUT2D eigenvalue weighted by Crippen LogP contribution is 2.10. The predicted molar refractivity (Wildman–Crippen MR) is 70.7 cm³/mol. The van der Waals surface area contributed by atoms with Gasteiger partial charge >= 0.3 is 5.97 Å². The van der Waals surface area contributed by atoms with Crippen molar-refractivity contribution in [1.82, 2.24) is 14.6 Å². The predicted octanol–water partition coefficient (Wildman–Crippen LogP) is 0.331. The van der Waals surface area contributed by atoms with E-state index in [9.17, 15) is 13.2 Å². The zero-order valence-electron chi connectivity index (χ0n) is 11.2. The fourth-order valence-electron chi connectivity index (χ4n) is 1.35. The molecule has 0 aliphatic heterocycles. The molecule has 19 heavy (non-hydrogen) atoms. The van der Waals surface area contributed by atoms with E-state index in [0.29, 0.717) is 12.6 Å². The Kier molecular flexibility index (Phi) is 5.10. The third-order valence-corrected chi connectivity index (χ3v) is 4.28. The lowest BCUT2D eigenvalue weighted by atomic mass is 10.3. The number of likely N-dealkylation sites (N-methyl/N-ethyl adjacent to an activating group) is 1. The molecule has 0 aliphatic carbocycles. The van der Waals surface area contributed by atoms with E-state index in [1.807, 2.05) is 25.8 Å². The fourth-order valence-corrected chi connectivity index (χ4v) is 2.36. The number of carboxylic acids is 1. The second-order valence-corrected chi connectivity index (χ2v) is 6.29. The van der Waals surface area contributed by atoms with Gasteiger partial charge in [-0.25, -0.2) is 17.9 Å². The van der Waals surface area contributed by atoms with Gasteiger partial charge in [-0.05, 0) is 27.0 Å². The van der Waals surface area contributed by atoms with Crippen molar-refractivity contribution in [3.63, 3.8) is 0 Å². The van der Waals surface area contributed by atoms with Crippen LogP contribution in [0, 0.1) is 0 Å². The zero-order chi connectivity index (χ0) is 14.6. The van der Waals surface area contributed by atoms with Crippen molar-refractivity contribution in [3.05, 3.63) is 18.0 Å². The number of aromatic carboxylic acids is 1. The molecule has 1 aromatic rings. The number of aromatic amines is 1. The van der Waals surface area contributed by atoms with Crippen LogP contribution in [0.4, 0.5) is 0 Å². The van der Waals surface area contributed by atoms with E-state index in [4.69, 9.17) is 5.11 Å². The molecule has 0 radical (unpaired) electrons. The van der Waals surface area contributed by atoms with E-state index in [0.717, 1.165) is 12.3 Å². The van der Waals surface area contributed by atoms with Crippen molar-refractivity contribution in [3.8, 4) is 0 Å². The number of rotatable bonds is 7. The maximum absolute atomic E-state index is 11.9. The number of H-pyrrole nitrogens is 1. The van der Waals surface area contributed by atoms with Gasteiger partial charge in [0.25, 0.3) is 0 Å². The Morgan fingerprint density at radius 3 is 2.63 bits per heavy atom. The minimum Gasteiger partial charge on any atom is -0.477 e. The summed E-state index contributed by atoms with van der Waals surface area (Å²) in [6.45, 7) is 4.87. The lowest BCUT2D eigenvalue weighted by Gasteiger charge is -2.20. The van der Waals surface area contributed by atoms with Crippen LogP contribution >= 0.6 is 0 Å². The second-order valence-electron chi connectivity index (χ2n) is 4.53. The largest absolute Gasteiger partial charge is 0.477 e. The molecule has 0 aliphatic rings. The molecule has 0 atom stereocenters. The summed E-state index contributed by atoms with van der Waals surface area (Å²) in [6, 6.07) is 1.42. The number of aromatic nitrogens is 1. The van der Waals surface area contributed by atoms with Gasteiger partial charge in [0.2, 0.25) is 10.0 Å². The number of sulfonamides is 1. The van der Waals surface area contributed by atoms with Crippen LogP contribution < -0.4 is 4.72 Å². The summed E-state index contributed by atoms with van der Waals surface area (Å²) in [4.78, 5) is 15.0. The summed E-state index contributed by atoms with van der Waals surface area (Å²) in [5.41, 5.74) is -0.153. The van der Waals surface area contributed by atoms with Crippen LogP contribution in [0.3, 0.4) is 0 Å². The van der Waals surface area contributed by atoms with Gasteiger partial charge in [0, 0.05) is 25.3 Å². The van der Waals surface area contributed by atoms with E-state index in [1.165, 1.54) is 0 Å². The Labute approximate surface area is 112 Å². The fraction of sp³-hybridized carbons (Fsp3) is 0.545. The van der Waals surface area contributed by atoms with Gasteiger partial charge in [-0.15, -0.1) is 0 Å². The normalized spacial score (nSPS) is 12.3. The maximum atomic E-state index is 11.9. The third-order valence-electron chi connectivity index (χ3n) is 2.84. The molecule has 7 nitrogen and oxygen atoms in total. The first-order chi connectivity index (χ1) is 8.74. The first kappa shape index (κ1) is 15.7. The summed E-state index contributed by atoms with van der Waals surface area (Å²) in [6.07, 6.45) is 1.16. The first-order valence-electron chi connectivity index (χ1n) is 5.85. The quantitative estimate of drug-likeness (QED) is 0.671. The molecule has 0 amide bonds. The highest BCUT2D eigenvalue weighted by Gasteiger charge is 2.18. The number of hydrogen-bond acceptors (Lipinski definition) is 4. The molecule has 108 valence electrons. The molecule has 0 aromatic carbocycles. The molecule has 0 unspecified atom stereocenters. The summed E-state index contributed by atoms with van der Waals surface area (Å²) >= 11 is 0. The Morgan fingerprint density at radius 2 is 2.16 bits per heavy atom. The number of nitrogens with zero attached hydrogens (tertiary/aromatic N) is 1. The van der Waals surface area contributed by atoms with Crippen molar-refractivity contribution < 1.29 is 18.3 Å². The standard InChI is InChI=1S/C11H19N3O4S/c1-8(2)14(3)5-4-13-19(17,18)9-6-10(11(15)16)12-7-9/h6-8,12-13H,4-5H2,1-3H3,(H,15,16). The van der Waals surface area contributed by atoms with Crippen molar-refractivity contribution in [2.24, 2.45) is 0 Å². The smallest absolute Gasteiger partial charge is 0.352 e. The molecule has 0 spiro atoms. The summed E-state index contributed by atoms with van der Waals surface area (Å²) in [5.74, 6) is -1.19. The van der Waals surface area contributed by atoms with Gasteiger partial charge in [-0.2, -0.15) is 0 Å². The highest BCUT2D eigenvalue weighted by atomic mass is 32.2. The van der Waals surface area contributed by atoms with Gasteiger partial charge < -0.3 is 15.0 Å². The molecule has 0 fully saturated rings. The summed E-state index contributed by atoms with van der Waals surface area (Å²) in [5, 5.41) is 8.72. The van der Waals surface area contributed by atoms with E-state index >= 15 is 0 Å². The average Bonchev–Trinajstić information content (AvgIpc) is 2.78. The average molecular weight is 289 g/mol. The van der Waals surface area contributed by atoms with E-state index in [2.05, 4.69) is 9.71 Å². The Hall–Kier alpha value is -1.38. The van der Waals surface area contributed by atoms with E-state index < -0.39 is 16.0 Å². The first-order valence-corrected chi connectivity index (χ1v) is 7.34. The van der Waals surface area contributed by atoms with Crippen molar-refractivity contribution in [1.29, 1.82) is 0 Å². The molecule has 1 rings (SSSR count). The topological polar surface area (TPSA) is 103 Å². The molecule has 1 aromatic heterocycles. The lowest BCUT2D eigenvalue weighted by Crippen LogP contribution is -2.36. The number of carbonyl (C=O) groups is 1. The van der Waals surface area contributed by atoms with Crippen molar-refractivity contribution >= 4 is 16.0 Å². The number of nitrogens with one attached hydrogen (secondary N) is 2. The molecule has 0 saturated heterocycles. The van der Waals surface area contributed by atoms with Gasteiger partial charge in [0.1, 0.15) is 10.6 Å². The van der Waals surface area contributed by atoms with Crippen LogP contribution in [0.25, 0.3) is 0 Å². The van der Waals surface area contributed by atoms with Gasteiger partial charge in [0.15, 0.2) is 0 Å². The van der Waals surface area contributed by atoms with Crippen molar-refractivity contribution in [2.75, 3.05) is 20.1 Å².